The van der Waals surface area contributed by atoms with E-state index in [0.29, 0.717) is 35.6 Å². The van der Waals surface area contributed by atoms with Crippen molar-refractivity contribution in [2.24, 2.45) is 5.73 Å². The van der Waals surface area contributed by atoms with Gasteiger partial charge in [-0.2, -0.15) is 0 Å². The highest BCUT2D eigenvalue weighted by Crippen LogP contribution is 2.39. The number of hydrogen-bond acceptors (Lipinski definition) is 9. The lowest BCUT2D eigenvalue weighted by atomic mass is 10.0. The van der Waals surface area contributed by atoms with Gasteiger partial charge in [-0.15, -0.1) is 0 Å². The van der Waals surface area contributed by atoms with E-state index in [2.05, 4.69) is 15.3 Å². The molecule has 0 spiro atoms. The number of nitrogens with one attached hydrogen (secondary N) is 1. The van der Waals surface area contributed by atoms with Crippen LogP contribution in [0.3, 0.4) is 0 Å². The molecule has 0 aliphatic carbocycles. The molecule has 0 bridgehead atoms. The van der Waals surface area contributed by atoms with E-state index in [4.69, 9.17) is 24.7 Å². The zero-order chi connectivity index (χ0) is 28.8. The van der Waals surface area contributed by atoms with Crippen molar-refractivity contribution < 1.29 is 37.6 Å². The van der Waals surface area contributed by atoms with Crippen LogP contribution in [0, 0.1) is 11.6 Å². The van der Waals surface area contributed by atoms with Crippen molar-refractivity contribution in [3.8, 4) is 40.0 Å². The van der Waals surface area contributed by atoms with Crippen LogP contribution in [0.2, 0.25) is 0 Å². The summed E-state index contributed by atoms with van der Waals surface area (Å²) in [4.78, 5) is 20.6. The summed E-state index contributed by atoms with van der Waals surface area (Å²) < 4.78 is 52.9. The third-order valence-electron chi connectivity index (χ3n) is 5.72. The Morgan fingerprint density at radius 1 is 1.02 bits per heavy atom. The minimum absolute atomic E-state index is 0.0195. The lowest BCUT2D eigenvalue weighted by Crippen LogP contribution is -2.18. The quantitative estimate of drug-likeness (QED) is 0.223. The number of carbonyl (C=O) groups is 1. The number of ether oxygens (including phenoxy) is 4. The van der Waals surface area contributed by atoms with Crippen LogP contribution in [0.5, 0.6) is 28.7 Å². The first-order valence-corrected chi connectivity index (χ1v) is 12.2. The summed E-state index contributed by atoms with van der Waals surface area (Å²) in [6, 6.07) is 8.04. The lowest BCUT2D eigenvalue weighted by Gasteiger charge is -2.16. The summed E-state index contributed by atoms with van der Waals surface area (Å²) in [6.07, 6.45) is 1.91. The van der Waals surface area contributed by atoms with Crippen molar-refractivity contribution in [1.29, 1.82) is 0 Å². The SMILES string of the molecule is CNCCOc1cc2nccc(Oc3c(F)cc(-c4nccc(OCC(C)O)c4C(N)=O)cc3F)c2cc1OC. The van der Waals surface area contributed by atoms with Gasteiger partial charge in [0.25, 0.3) is 5.91 Å². The molecule has 1 amide bonds. The maximum atomic E-state index is 15.3. The number of carbonyl (C=O) groups excluding carboxylic acids is 1. The first-order chi connectivity index (χ1) is 19.2. The Kier molecular flexibility index (Phi) is 8.92. The van der Waals surface area contributed by atoms with Crippen molar-refractivity contribution in [3.05, 3.63) is 66.0 Å². The topological polar surface area (TPSA) is 138 Å². The number of halogens is 2. The number of likely N-dealkylation sites (N-methyl/N-ethyl adjacent to an activating group) is 1. The second kappa shape index (κ2) is 12.5. The Labute approximate surface area is 228 Å². The monoisotopic (exact) mass is 554 g/mol. The van der Waals surface area contributed by atoms with Gasteiger partial charge >= 0.3 is 0 Å². The van der Waals surface area contributed by atoms with Gasteiger partial charge in [-0.05, 0) is 44.3 Å². The fraction of sp³-hybridized carbons (Fsp3) is 0.250. The number of benzene rings is 2. The van der Waals surface area contributed by atoms with E-state index >= 15 is 8.78 Å². The Hall–Kier alpha value is -4.55. The van der Waals surface area contributed by atoms with Gasteiger partial charge in [0.1, 0.15) is 30.3 Å². The van der Waals surface area contributed by atoms with E-state index in [1.807, 2.05) is 0 Å². The first kappa shape index (κ1) is 28.5. The highest BCUT2D eigenvalue weighted by molar-refractivity contribution is 6.01. The average Bonchev–Trinajstić information content (AvgIpc) is 2.93. The molecule has 4 aromatic rings. The van der Waals surface area contributed by atoms with Crippen LogP contribution in [0.1, 0.15) is 17.3 Å². The number of methoxy groups -OCH3 is 1. The van der Waals surface area contributed by atoms with Gasteiger partial charge in [0, 0.05) is 36.0 Å². The second-order valence-corrected chi connectivity index (χ2v) is 8.71. The number of nitrogens with zero attached hydrogens (tertiary/aromatic N) is 2. The highest BCUT2D eigenvalue weighted by atomic mass is 19.1. The standard InChI is InChI=1S/C28H28F2N4O6/c1-15(35)14-39-22-5-7-34-26(25(22)28(31)36)16-10-18(29)27(19(30)11-16)40-21-4-6-33-20-13-24(38-9-8-32-2)23(37-3)12-17(20)21/h4-7,10-13,15,32,35H,8-9,14H2,1-3H3,(H2,31,36). The molecule has 12 heteroatoms. The molecule has 40 heavy (non-hydrogen) atoms. The smallest absolute Gasteiger partial charge is 0.254 e. The fourth-order valence-electron chi connectivity index (χ4n) is 3.89. The molecule has 210 valence electrons. The van der Waals surface area contributed by atoms with E-state index in [1.54, 1.807) is 19.2 Å². The predicted molar refractivity (Wildman–Crippen MR) is 143 cm³/mol. The minimum atomic E-state index is -1.05. The van der Waals surface area contributed by atoms with E-state index in [0.717, 1.165) is 12.1 Å². The number of aliphatic hydroxyl groups is 1. The summed E-state index contributed by atoms with van der Waals surface area (Å²) in [6.45, 7) is 2.37. The Balaban J connectivity index is 1.71. The Morgan fingerprint density at radius 2 is 1.73 bits per heavy atom. The third kappa shape index (κ3) is 6.19. The number of aromatic nitrogens is 2. The molecule has 2 aromatic heterocycles. The van der Waals surface area contributed by atoms with E-state index < -0.39 is 29.4 Å². The maximum absolute atomic E-state index is 15.3. The van der Waals surface area contributed by atoms with Crippen LogP contribution < -0.4 is 30.0 Å². The Morgan fingerprint density at radius 3 is 2.38 bits per heavy atom. The molecule has 4 rings (SSSR count). The summed E-state index contributed by atoms with van der Waals surface area (Å²) in [5, 5.41) is 12.9. The Bertz CT molecular complexity index is 1510. The van der Waals surface area contributed by atoms with Crippen LogP contribution in [0.15, 0.2) is 48.8 Å². The summed E-state index contributed by atoms with van der Waals surface area (Å²) in [5.41, 5.74) is 5.64. The van der Waals surface area contributed by atoms with Gasteiger partial charge in [-0.3, -0.25) is 14.8 Å². The largest absolute Gasteiger partial charge is 0.493 e. The molecular weight excluding hydrogens is 526 g/mol. The predicted octanol–water partition coefficient (Wildman–Crippen LogP) is 3.83. The van der Waals surface area contributed by atoms with Crippen molar-refractivity contribution in [3.63, 3.8) is 0 Å². The van der Waals surface area contributed by atoms with E-state index in [9.17, 15) is 9.90 Å². The number of amides is 1. The van der Waals surface area contributed by atoms with Gasteiger partial charge in [0.15, 0.2) is 28.9 Å². The maximum Gasteiger partial charge on any atom is 0.254 e. The number of primary amides is 1. The van der Waals surface area contributed by atoms with Crippen LogP contribution in [0.25, 0.3) is 22.2 Å². The van der Waals surface area contributed by atoms with Crippen LogP contribution in [-0.4, -0.2) is 61.0 Å². The van der Waals surface area contributed by atoms with Crippen LogP contribution >= 0.6 is 0 Å². The number of fused-ring (bicyclic) bond motifs is 1. The zero-order valence-corrected chi connectivity index (χ0v) is 22.0. The normalized spacial score (nSPS) is 11.8. The van der Waals surface area contributed by atoms with Crippen LogP contribution in [-0.2, 0) is 0 Å². The summed E-state index contributed by atoms with van der Waals surface area (Å²) in [7, 11) is 3.27. The molecular formula is C28H28F2N4O6. The number of aliphatic hydroxyl groups excluding tert-OH is 1. The van der Waals surface area contributed by atoms with E-state index in [-0.39, 0.29) is 34.9 Å². The molecule has 0 radical (unpaired) electrons. The molecule has 2 aromatic carbocycles. The molecule has 0 fully saturated rings. The number of nitrogens with two attached hydrogens (primary N) is 1. The fourth-order valence-corrected chi connectivity index (χ4v) is 3.89. The summed E-state index contributed by atoms with van der Waals surface area (Å²) >= 11 is 0. The molecule has 2 heterocycles. The second-order valence-electron chi connectivity index (χ2n) is 8.71. The van der Waals surface area contributed by atoms with Gasteiger partial charge in [-0.25, -0.2) is 8.78 Å². The van der Waals surface area contributed by atoms with Gasteiger partial charge in [0.05, 0.1) is 24.4 Å². The van der Waals surface area contributed by atoms with Crippen molar-refractivity contribution in [2.75, 3.05) is 33.9 Å². The minimum Gasteiger partial charge on any atom is -0.493 e. The number of pyridine rings is 2. The third-order valence-corrected chi connectivity index (χ3v) is 5.72. The van der Waals surface area contributed by atoms with Crippen molar-refractivity contribution in [1.82, 2.24) is 15.3 Å². The highest BCUT2D eigenvalue weighted by Gasteiger charge is 2.23. The van der Waals surface area contributed by atoms with Crippen molar-refractivity contribution >= 4 is 16.8 Å². The molecule has 0 saturated carbocycles. The van der Waals surface area contributed by atoms with Gasteiger partial charge in [-0.1, -0.05) is 0 Å². The van der Waals surface area contributed by atoms with E-state index in [1.165, 1.54) is 38.6 Å². The molecule has 10 nitrogen and oxygen atoms in total. The average molecular weight is 555 g/mol. The van der Waals surface area contributed by atoms with Crippen molar-refractivity contribution in [2.45, 2.75) is 13.0 Å². The molecule has 4 N–H and O–H groups in total. The summed E-state index contributed by atoms with van der Waals surface area (Å²) in [5.74, 6) is -2.71. The van der Waals surface area contributed by atoms with Gasteiger partial charge < -0.3 is 35.1 Å². The molecule has 0 aliphatic rings. The molecule has 1 unspecified atom stereocenters. The van der Waals surface area contributed by atoms with Crippen LogP contribution in [0.4, 0.5) is 8.78 Å². The van der Waals surface area contributed by atoms with Gasteiger partial charge in [0.2, 0.25) is 0 Å². The molecule has 0 aliphatic heterocycles. The lowest BCUT2D eigenvalue weighted by molar-refractivity contribution is 0.0983. The number of hydrogen-bond donors (Lipinski definition) is 3. The molecule has 1 atom stereocenters. The first-order valence-electron chi connectivity index (χ1n) is 12.2. The zero-order valence-electron chi connectivity index (χ0n) is 22.0. The number of rotatable bonds is 12. The molecule has 0 saturated heterocycles.